The van der Waals surface area contributed by atoms with Gasteiger partial charge in [0.05, 0.1) is 5.52 Å². The molecule has 122 valence electrons. The van der Waals surface area contributed by atoms with Gasteiger partial charge in [-0.25, -0.2) is 0 Å². The molecule has 2 amide bonds. The van der Waals surface area contributed by atoms with Crippen molar-refractivity contribution in [2.45, 2.75) is 19.3 Å². The fraction of sp³-hybridized carbons (Fsp3) is 0.333. The number of nitrogens with one attached hydrogen (secondary N) is 3. The van der Waals surface area contributed by atoms with Crippen LogP contribution in [-0.4, -0.2) is 46.2 Å². The fourth-order valence-electron chi connectivity index (χ4n) is 2.07. The Kier molecular flexibility index (Phi) is 5.67. The topological polar surface area (TPSA) is 124 Å². The molecule has 1 heterocycles. The number of para-hydroxylation sites is 1. The Hall–Kier alpha value is -2.90. The number of hydrogen-bond donors (Lipinski definition) is 4. The van der Waals surface area contributed by atoms with Crippen molar-refractivity contribution in [2.75, 3.05) is 13.1 Å². The zero-order chi connectivity index (χ0) is 16.7. The highest BCUT2D eigenvalue weighted by Crippen LogP contribution is 2.14. The number of nitrogens with zero attached hydrogens (tertiary/aromatic N) is 1. The second-order valence-electron chi connectivity index (χ2n) is 4.97. The molecule has 8 heteroatoms. The third kappa shape index (κ3) is 4.80. The van der Waals surface area contributed by atoms with Gasteiger partial charge < -0.3 is 15.7 Å². The van der Waals surface area contributed by atoms with Crippen LogP contribution in [-0.2, 0) is 9.59 Å². The van der Waals surface area contributed by atoms with E-state index < -0.39 is 5.97 Å². The highest BCUT2D eigenvalue weighted by atomic mass is 16.4. The molecular weight excluding hydrogens is 300 g/mol. The number of H-pyrrole nitrogens is 1. The number of hydrogen-bond acceptors (Lipinski definition) is 4. The van der Waals surface area contributed by atoms with Crippen LogP contribution in [0.15, 0.2) is 24.3 Å². The summed E-state index contributed by atoms with van der Waals surface area (Å²) in [5.41, 5.74) is 1.07. The number of aliphatic carboxylic acids is 1. The number of carboxylic acids is 1. The van der Waals surface area contributed by atoms with E-state index >= 15 is 0 Å². The molecule has 2 aromatic rings. The molecule has 23 heavy (non-hydrogen) atoms. The molecule has 0 aliphatic heterocycles. The van der Waals surface area contributed by atoms with E-state index in [0.717, 1.165) is 10.9 Å². The Morgan fingerprint density at radius 1 is 1.09 bits per heavy atom. The molecule has 2 rings (SSSR count). The van der Waals surface area contributed by atoms with Crippen LogP contribution < -0.4 is 10.6 Å². The number of carbonyl (C=O) groups is 3. The van der Waals surface area contributed by atoms with Crippen LogP contribution in [0.25, 0.3) is 10.9 Å². The summed E-state index contributed by atoms with van der Waals surface area (Å²) in [6, 6.07) is 7.28. The molecule has 0 bridgehead atoms. The maximum Gasteiger partial charge on any atom is 0.303 e. The van der Waals surface area contributed by atoms with Gasteiger partial charge in [0.25, 0.3) is 5.91 Å². The number of benzene rings is 1. The summed E-state index contributed by atoms with van der Waals surface area (Å²) in [6.07, 6.45) is 0.525. The standard InChI is InChI=1S/C15H18N4O4/c20-12(16-8-3-6-13(21)22)7-9-17-15(23)14-10-4-1-2-5-11(10)18-19-14/h1-2,4-5H,3,6-9H2,(H,16,20)(H,17,23)(H,18,19)(H,21,22). The summed E-state index contributed by atoms with van der Waals surface area (Å²) < 4.78 is 0. The molecule has 4 N–H and O–H groups in total. The fourth-order valence-corrected chi connectivity index (χ4v) is 2.07. The third-order valence-corrected chi connectivity index (χ3v) is 3.21. The molecule has 0 spiro atoms. The first-order valence-electron chi connectivity index (χ1n) is 7.27. The first-order valence-corrected chi connectivity index (χ1v) is 7.27. The van der Waals surface area contributed by atoms with Crippen LogP contribution >= 0.6 is 0 Å². The van der Waals surface area contributed by atoms with Gasteiger partial charge in [-0.2, -0.15) is 5.10 Å². The van der Waals surface area contributed by atoms with Gasteiger partial charge in [0, 0.05) is 31.3 Å². The number of fused-ring (bicyclic) bond motifs is 1. The largest absolute Gasteiger partial charge is 0.481 e. The van der Waals surface area contributed by atoms with Crippen molar-refractivity contribution in [3.05, 3.63) is 30.0 Å². The minimum absolute atomic E-state index is 0.0171. The van der Waals surface area contributed by atoms with Crippen LogP contribution in [0.4, 0.5) is 0 Å². The Morgan fingerprint density at radius 3 is 2.65 bits per heavy atom. The minimum atomic E-state index is -0.891. The van der Waals surface area contributed by atoms with Gasteiger partial charge in [-0.1, -0.05) is 18.2 Å². The number of aromatic amines is 1. The van der Waals surface area contributed by atoms with Crippen LogP contribution in [0, 0.1) is 0 Å². The summed E-state index contributed by atoms with van der Waals surface area (Å²) in [5.74, 6) is -1.47. The van der Waals surface area contributed by atoms with E-state index in [0.29, 0.717) is 18.7 Å². The maximum atomic E-state index is 12.0. The lowest BCUT2D eigenvalue weighted by Crippen LogP contribution is -2.31. The minimum Gasteiger partial charge on any atom is -0.481 e. The maximum absolute atomic E-state index is 12.0. The smallest absolute Gasteiger partial charge is 0.303 e. The molecule has 0 saturated heterocycles. The molecule has 1 aromatic carbocycles. The Labute approximate surface area is 132 Å². The van der Waals surface area contributed by atoms with Crippen molar-refractivity contribution >= 4 is 28.7 Å². The predicted octanol–water partition coefficient (Wildman–Crippen LogP) is 0.664. The van der Waals surface area contributed by atoms with Crippen molar-refractivity contribution in [3.8, 4) is 0 Å². The van der Waals surface area contributed by atoms with E-state index in [4.69, 9.17) is 5.11 Å². The van der Waals surface area contributed by atoms with Gasteiger partial charge in [-0.15, -0.1) is 0 Å². The second-order valence-corrected chi connectivity index (χ2v) is 4.97. The van der Waals surface area contributed by atoms with Gasteiger partial charge in [0.2, 0.25) is 5.91 Å². The van der Waals surface area contributed by atoms with Crippen molar-refractivity contribution in [3.63, 3.8) is 0 Å². The Morgan fingerprint density at radius 2 is 1.87 bits per heavy atom. The van der Waals surface area contributed by atoms with Crippen LogP contribution in [0.2, 0.25) is 0 Å². The van der Waals surface area contributed by atoms with Crippen LogP contribution in [0.5, 0.6) is 0 Å². The van der Waals surface area contributed by atoms with Crippen molar-refractivity contribution in [1.29, 1.82) is 0 Å². The number of rotatable bonds is 8. The number of carboxylic acid groups (broad SMARTS) is 1. The third-order valence-electron chi connectivity index (χ3n) is 3.21. The normalized spacial score (nSPS) is 10.4. The van der Waals surface area contributed by atoms with Gasteiger partial charge in [0.15, 0.2) is 5.69 Å². The van der Waals surface area contributed by atoms with Gasteiger partial charge >= 0.3 is 5.97 Å². The van der Waals surface area contributed by atoms with Crippen LogP contribution in [0.1, 0.15) is 29.8 Å². The van der Waals surface area contributed by atoms with Crippen molar-refractivity contribution in [2.24, 2.45) is 0 Å². The van der Waals surface area contributed by atoms with Gasteiger partial charge in [-0.3, -0.25) is 19.5 Å². The molecule has 0 atom stereocenters. The molecule has 8 nitrogen and oxygen atoms in total. The first kappa shape index (κ1) is 16.5. The monoisotopic (exact) mass is 318 g/mol. The zero-order valence-electron chi connectivity index (χ0n) is 12.5. The first-order chi connectivity index (χ1) is 11.1. The second kappa shape index (κ2) is 7.92. The van der Waals surface area contributed by atoms with E-state index in [2.05, 4.69) is 20.8 Å². The quantitative estimate of drug-likeness (QED) is 0.532. The zero-order valence-corrected chi connectivity index (χ0v) is 12.5. The molecule has 1 aromatic heterocycles. The average Bonchev–Trinajstić information content (AvgIpc) is 2.95. The van der Waals surface area contributed by atoms with E-state index in [1.807, 2.05) is 18.2 Å². The predicted molar refractivity (Wildman–Crippen MR) is 82.9 cm³/mol. The Bertz CT molecular complexity index is 710. The lowest BCUT2D eigenvalue weighted by atomic mass is 10.2. The number of aromatic nitrogens is 2. The van der Waals surface area contributed by atoms with Crippen LogP contribution in [0.3, 0.4) is 0 Å². The molecule has 0 aliphatic carbocycles. The SMILES string of the molecule is O=C(O)CCCNC(=O)CCNC(=O)c1n[nH]c2ccccc12. The summed E-state index contributed by atoms with van der Waals surface area (Å²) in [5, 5.41) is 21.2. The Balaban J connectivity index is 1.72. The number of carbonyl (C=O) groups excluding carboxylic acids is 2. The molecule has 0 unspecified atom stereocenters. The molecule has 0 aliphatic rings. The summed E-state index contributed by atoms with van der Waals surface area (Å²) in [4.78, 5) is 33.9. The lowest BCUT2D eigenvalue weighted by Gasteiger charge is -2.05. The van der Waals surface area contributed by atoms with Gasteiger partial charge in [0.1, 0.15) is 0 Å². The lowest BCUT2D eigenvalue weighted by molar-refractivity contribution is -0.137. The van der Waals surface area contributed by atoms with Crippen molar-refractivity contribution in [1.82, 2.24) is 20.8 Å². The van der Waals surface area contributed by atoms with E-state index in [-0.39, 0.29) is 31.2 Å². The van der Waals surface area contributed by atoms with Gasteiger partial charge in [-0.05, 0) is 12.5 Å². The average molecular weight is 318 g/mol. The highest BCUT2D eigenvalue weighted by Gasteiger charge is 2.13. The molecular formula is C15H18N4O4. The highest BCUT2D eigenvalue weighted by molar-refractivity contribution is 6.04. The molecule has 0 fully saturated rings. The molecule has 0 saturated carbocycles. The molecule has 0 radical (unpaired) electrons. The van der Waals surface area contributed by atoms with E-state index in [1.54, 1.807) is 6.07 Å². The summed E-state index contributed by atoms with van der Waals surface area (Å²) in [6.45, 7) is 0.494. The van der Waals surface area contributed by atoms with Crippen molar-refractivity contribution < 1.29 is 19.5 Å². The van der Waals surface area contributed by atoms with E-state index in [9.17, 15) is 14.4 Å². The summed E-state index contributed by atoms with van der Waals surface area (Å²) in [7, 11) is 0. The number of amides is 2. The van der Waals surface area contributed by atoms with E-state index in [1.165, 1.54) is 0 Å². The summed E-state index contributed by atoms with van der Waals surface area (Å²) >= 11 is 0.